The highest BCUT2D eigenvalue weighted by Crippen LogP contribution is 2.64. The lowest BCUT2D eigenvalue weighted by Gasteiger charge is -2.44. The van der Waals surface area contributed by atoms with Gasteiger partial charge in [0.25, 0.3) is 0 Å². The average molecular weight is 803 g/mol. The average Bonchev–Trinajstić information content (AvgIpc) is 3.86. The lowest BCUT2D eigenvalue weighted by Crippen LogP contribution is -2.36. The molecule has 4 heteroatoms. The smallest absolute Gasteiger partial charge is 0.235 e. The molecule has 2 aliphatic rings. The van der Waals surface area contributed by atoms with Crippen molar-refractivity contribution in [2.75, 3.05) is 4.90 Å². The van der Waals surface area contributed by atoms with Crippen molar-refractivity contribution in [3.63, 3.8) is 0 Å². The van der Waals surface area contributed by atoms with E-state index in [2.05, 4.69) is 228 Å². The minimum absolute atomic E-state index is 0.621. The Morgan fingerprint density at radius 3 is 1.51 bits per heavy atom. The number of para-hydroxylation sites is 3. The summed E-state index contributed by atoms with van der Waals surface area (Å²) >= 11 is 0. The molecule has 0 unspecified atom stereocenters. The Morgan fingerprint density at radius 2 is 0.873 bits per heavy atom. The van der Waals surface area contributed by atoms with Crippen LogP contribution in [0, 0.1) is 0 Å². The summed E-state index contributed by atoms with van der Waals surface area (Å²) in [5, 5.41) is 2.50. The first-order valence-corrected chi connectivity index (χ1v) is 21.6. The van der Waals surface area contributed by atoms with Gasteiger partial charge in [0.1, 0.15) is 0 Å². The van der Waals surface area contributed by atoms with E-state index in [1.165, 1.54) is 66.3 Å². The van der Waals surface area contributed by atoms with Crippen LogP contribution in [-0.2, 0) is 5.41 Å². The van der Waals surface area contributed by atoms with Gasteiger partial charge in [-0.1, -0.05) is 188 Å². The largest absolute Gasteiger partial charge is 0.309 e. The number of aromatic nitrogens is 3. The number of rotatable bonds is 5. The van der Waals surface area contributed by atoms with Crippen LogP contribution in [0.15, 0.2) is 231 Å². The van der Waals surface area contributed by atoms with Crippen LogP contribution in [0.25, 0.3) is 72.3 Å². The van der Waals surface area contributed by atoms with Crippen LogP contribution in [0.3, 0.4) is 0 Å². The quantitative estimate of drug-likeness (QED) is 0.174. The van der Waals surface area contributed by atoms with E-state index in [0.717, 1.165) is 39.6 Å². The van der Waals surface area contributed by atoms with Gasteiger partial charge in [0.05, 0.1) is 39.2 Å². The van der Waals surface area contributed by atoms with Crippen LogP contribution in [0.5, 0.6) is 0 Å². The molecule has 9 aromatic carbocycles. The van der Waals surface area contributed by atoms with Crippen LogP contribution in [0.2, 0.25) is 0 Å². The van der Waals surface area contributed by atoms with Crippen LogP contribution in [0.4, 0.5) is 17.3 Å². The summed E-state index contributed by atoms with van der Waals surface area (Å²) in [4.78, 5) is 13.1. The monoisotopic (exact) mass is 802 g/mol. The van der Waals surface area contributed by atoms with Crippen molar-refractivity contribution in [1.29, 1.82) is 0 Å². The zero-order chi connectivity index (χ0) is 41.5. The van der Waals surface area contributed by atoms with Crippen LogP contribution >= 0.6 is 0 Å². The molecule has 11 aromatic rings. The normalized spacial score (nSPS) is 13.2. The number of benzene rings is 9. The van der Waals surface area contributed by atoms with Gasteiger partial charge in [0.15, 0.2) is 0 Å². The first-order chi connectivity index (χ1) is 31.3. The van der Waals surface area contributed by atoms with E-state index in [-0.39, 0.29) is 0 Å². The molecule has 4 nitrogen and oxygen atoms in total. The Labute approximate surface area is 365 Å². The number of nitrogens with zero attached hydrogens (tertiary/aromatic N) is 4. The topological polar surface area (TPSA) is 34.0 Å². The maximum Gasteiger partial charge on any atom is 0.235 e. The SMILES string of the molecule is c1ccc(-c2ccc(-n3c4ccccc4c4c5c(ccc43)C3(c4ccccc4-5)c4ccccc4N(c4nc(-c5ccccc5)cc(-c5ccccc5)n4)c4ccccc43)cc2)cc1. The fourth-order valence-electron chi connectivity index (χ4n) is 10.6. The number of hydrogen-bond acceptors (Lipinski definition) is 3. The molecule has 0 N–H and O–H groups in total. The van der Waals surface area contributed by atoms with E-state index in [1.807, 2.05) is 12.1 Å². The highest BCUT2D eigenvalue weighted by Gasteiger charge is 2.52. The second-order valence-electron chi connectivity index (χ2n) is 16.5. The third-order valence-corrected chi connectivity index (χ3v) is 13.2. The van der Waals surface area contributed by atoms with Crippen LogP contribution in [0.1, 0.15) is 22.3 Å². The molecule has 3 heterocycles. The lowest BCUT2D eigenvalue weighted by molar-refractivity contribution is 0.750. The van der Waals surface area contributed by atoms with Gasteiger partial charge in [-0.2, -0.15) is 0 Å². The number of hydrogen-bond donors (Lipinski definition) is 0. The molecule has 0 radical (unpaired) electrons. The van der Waals surface area contributed by atoms with E-state index in [9.17, 15) is 0 Å². The maximum absolute atomic E-state index is 5.40. The number of fused-ring (bicyclic) bond motifs is 13. The molecular weight excluding hydrogens is 765 g/mol. The second kappa shape index (κ2) is 13.8. The minimum atomic E-state index is -0.621. The van der Waals surface area contributed by atoms with E-state index < -0.39 is 5.41 Å². The second-order valence-corrected chi connectivity index (χ2v) is 16.5. The number of anilines is 3. The zero-order valence-corrected chi connectivity index (χ0v) is 34.2. The summed E-state index contributed by atoms with van der Waals surface area (Å²) in [5.41, 5.74) is 18.8. The van der Waals surface area contributed by atoms with Gasteiger partial charge in [-0.3, -0.25) is 4.90 Å². The van der Waals surface area contributed by atoms with Gasteiger partial charge in [0.2, 0.25) is 5.95 Å². The summed E-state index contributed by atoms with van der Waals surface area (Å²) in [7, 11) is 0. The predicted molar refractivity (Wildman–Crippen MR) is 258 cm³/mol. The minimum Gasteiger partial charge on any atom is -0.309 e. The van der Waals surface area contributed by atoms with Crippen molar-refractivity contribution >= 4 is 39.1 Å². The van der Waals surface area contributed by atoms with Crippen molar-refractivity contribution in [3.8, 4) is 50.5 Å². The standard InChI is InChI=1S/C59H38N4/c1-4-18-39(19-5-1)40-32-34-43(35-33-40)62-52-29-15-11-25-45(52)57-55(62)37-36-49-56(57)44-24-10-12-26-46(44)59(49)47-27-13-16-30-53(47)63(54-31-17-14-28-48(54)59)58-60-50(41-20-6-2-7-21-41)38-51(61-58)42-22-8-3-9-23-42/h1-38H. The lowest BCUT2D eigenvalue weighted by atomic mass is 9.64. The molecule has 0 saturated carbocycles. The molecule has 0 atom stereocenters. The Kier molecular flexibility index (Phi) is 7.79. The van der Waals surface area contributed by atoms with Gasteiger partial charge in [-0.25, -0.2) is 9.97 Å². The van der Waals surface area contributed by atoms with Gasteiger partial charge in [-0.15, -0.1) is 0 Å². The predicted octanol–water partition coefficient (Wildman–Crippen LogP) is 14.7. The van der Waals surface area contributed by atoms with Crippen molar-refractivity contribution in [1.82, 2.24) is 14.5 Å². The van der Waals surface area contributed by atoms with Gasteiger partial charge >= 0.3 is 0 Å². The summed E-state index contributed by atoms with van der Waals surface area (Å²) in [6.07, 6.45) is 0. The molecule has 0 amide bonds. The molecule has 1 aliphatic carbocycles. The third-order valence-electron chi connectivity index (χ3n) is 13.2. The molecule has 1 aliphatic heterocycles. The van der Waals surface area contributed by atoms with Crippen molar-refractivity contribution in [2.45, 2.75) is 5.41 Å². The Hall–Kier alpha value is -8.34. The van der Waals surface area contributed by atoms with E-state index in [1.54, 1.807) is 0 Å². The molecule has 1 spiro atoms. The van der Waals surface area contributed by atoms with Gasteiger partial charge in [-0.05, 0) is 87.0 Å². The van der Waals surface area contributed by atoms with Crippen LogP contribution < -0.4 is 4.90 Å². The summed E-state index contributed by atoms with van der Waals surface area (Å²) in [6.45, 7) is 0. The third kappa shape index (κ3) is 5.16. The summed E-state index contributed by atoms with van der Waals surface area (Å²) in [6, 6.07) is 83.2. The highest BCUT2D eigenvalue weighted by atomic mass is 15.3. The van der Waals surface area contributed by atoms with E-state index >= 15 is 0 Å². The molecular formula is C59H38N4. The first-order valence-electron chi connectivity index (χ1n) is 21.6. The molecule has 0 fully saturated rings. The van der Waals surface area contributed by atoms with E-state index in [4.69, 9.17) is 9.97 Å². The fraction of sp³-hybridized carbons (Fsp3) is 0.0169. The molecule has 63 heavy (non-hydrogen) atoms. The van der Waals surface area contributed by atoms with Crippen LogP contribution in [-0.4, -0.2) is 14.5 Å². The van der Waals surface area contributed by atoms with Crippen molar-refractivity contribution in [2.24, 2.45) is 0 Å². The highest BCUT2D eigenvalue weighted by molar-refractivity contribution is 6.18. The zero-order valence-electron chi connectivity index (χ0n) is 34.2. The molecule has 294 valence electrons. The maximum atomic E-state index is 5.40. The molecule has 2 aromatic heterocycles. The molecule has 0 bridgehead atoms. The van der Waals surface area contributed by atoms with Crippen molar-refractivity contribution in [3.05, 3.63) is 253 Å². The molecule has 13 rings (SSSR count). The Morgan fingerprint density at radius 1 is 0.365 bits per heavy atom. The summed E-state index contributed by atoms with van der Waals surface area (Å²) in [5.74, 6) is 0.633. The van der Waals surface area contributed by atoms with Gasteiger partial charge < -0.3 is 4.57 Å². The Balaban J connectivity index is 1.07. The first kappa shape index (κ1) is 35.4. The molecule has 0 saturated heterocycles. The van der Waals surface area contributed by atoms with Gasteiger partial charge in [0, 0.05) is 27.6 Å². The van der Waals surface area contributed by atoms with E-state index in [0.29, 0.717) is 5.95 Å². The fourth-order valence-corrected chi connectivity index (χ4v) is 10.6. The van der Waals surface area contributed by atoms with Crippen molar-refractivity contribution < 1.29 is 0 Å². The Bertz CT molecular complexity index is 3450. The summed E-state index contributed by atoms with van der Waals surface area (Å²) < 4.78 is 2.44.